The topological polar surface area (TPSA) is 58.1 Å². The Balaban J connectivity index is 1.54. The molecule has 1 atom stereocenters. The number of carbonyl (C=O) groups is 1. The molecule has 0 spiro atoms. The first-order valence-corrected chi connectivity index (χ1v) is 8.71. The van der Waals surface area contributed by atoms with Crippen LogP contribution in [-0.4, -0.2) is 21.9 Å². The van der Waals surface area contributed by atoms with Crippen molar-refractivity contribution in [2.24, 2.45) is 0 Å². The molecule has 4 rings (SSSR count). The average molecular weight is 344 g/mol. The van der Waals surface area contributed by atoms with Crippen LogP contribution < -0.4 is 10.2 Å². The highest BCUT2D eigenvalue weighted by Gasteiger charge is 2.27. The first-order chi connectivity index (χ1) is 12.7. The normalized spacial score (nSPS) is 15.6. The molecule has 5 heteroatoms. The summed E-state index contributed by atoms with van der Waals surface area (Å²) in [6.45, 7) is 2.63. The molecule has 1 amide bonds. The van der Waals surface area contributed by atoms with Gasteiger partial charge in [0, 0.05) is 36.9 Å². The second kappa shape index (κ2) is 6.96. The summed E-state index contributed by atoms with van der Waals surface area (Å²) in [7, 11) is 0. The summed E-state index contributed by atoms with van der Waals surface area (Å²) in [5, 5.41) is 2.93. The van der Waals surface area contributed by atoms with E-state index in [0.29, 0.717) is 18.2 Å². The summed E-state index contributed by atoms with van der Waals surface area (Å²) < 4.78 is 0. The minimum Gasteiger partial charge on any atom is -0.348 e. The van der Waals surface area contributed by atoms with Gasteiger partial charge in [0.25, 0.3) is 5.91 Å². The minimum atomic E-state index is -0.136. The van der Waals surface area contributed by atoms with Gasteiger partial charge >= 0.3 is 0 Å². The second-order valence-corrected chi connectivity index (χ2v) is 6.53. The van der Waals surface area contributed by atoms with Gasteiger partial charge in [-0.05, 0) is 42.7 Å². The maximum atomic E-state index is 12.5. The van der Waals surface area contributed by atoms with Crippen molar-refractivity contribution in [3.63, 3.8) is 0 Å². The van der Waals surface area contributed by atoms with Crippen LogP contribution in [0.5, 0.6) is 0 Å². The van der Waals surface area contributed by atoms with Gasteiger partial charge in [-0.15, -0.1) is 0 Å². The van der Waals surface area contributed by atoms with Gasteiger partial charge in [0.2, 0.25) is 0 Å². The van der Waals surface area contributed by atoms with Crippen molar-refractivity contribution in [1.82, 2.24) is 15.3 Å². The molecule has 0 saturated heterocycles. The SMILES string of the molecule is CC1Cc2ccccc2N1c1cncc(C(=O)NCc2cccnc2)c1. The van der Waals surface area contributed by atoms with Crippen molar-refractivity contribution in [3.8, 4) is 0 Å². The second-order valence-electron chi connectivity index (χ2n) is 6.53. The molecule has 3 aromatic rings. The molecule has 0 bridgehead atoms. The molecule has 0 saturated carbocycles. The molecule has 1 N–H and O–H groups in total. The minimum absolute atomic E-state index is 0.136. The van der Waals surface area contributed by atoms with Crippen LogP contribution >= 0.6 is 0 Å². The number of amides is 1. The Hall–Kier alpha value is -3.21. The number of aromatic nitrogens is 2. The molecule has 0 radical (unpaired) electrons. The fraction of sp³-hybridized carbons (Fsp3) is 0.190. The van der Waals surface area contributed by atoms with Crippen LogP contribution in [0.15, 0.2) is 67.3 Å². The van der Waals surface area contributed by atoms with Gasteiger partial charge in [0.1, 0.15) is 0 Å². The summed E-state index contributed by atoms with van der Waals surface area (Å²) in [6, 6.07) is 14.4. The molecule has 0 aliphatic carbocycles. The van der Waals surface area contributed by atoms with Crippen molar-refractivity contribution < 1.29 is 4.79 Å². The molecule has 26 heavy (non-hydrogen) atoms. The lowest BCUT2D eigenvalue weighted by molar-refractivity contribution is 0.0950. The Morgan fingerprint density at radius 1 is 1.15 bits per heavy atom. The van der Waals surface area contributed by atoms with E-state index in [9.17, 15) is 4.79 Å². The highest BCUT2D eigenvalue weighted by molar-refractivity contribution is 5.95. The van der Waals surface area contributed by atoms with Crippen molar-refractivity contribution in [2.45, 2.75) is 25.9 Å². The lowest BCUT2D eigenvalue weighted by Crippen LogP contribution is -2.26. The zero-order valence-corrected chi connectivity index (χ0v) is 14.6. The van der Waals surface area contributed by atoms with Gasteiger partial charge in [0.15, 0.2) is 0 Å². The highest BCUT2D eigenvalue weighted by atomic mass is 16.1. The van der Waals surface area contributed by atoms with E-state index in [2.05, 4.69) is 45.3 Å². The molecule has 5 nitrogen and oxygen atoms in total. The number of anilines is 2. The standard InChI is InChI=1S/C21H20N4O/c1-15-9-17-6-2-3-7-20(17)25(15)19-10-18(13-23-14-19)21(26)24-12-16-5-4-8-22-11-16/h2-8,10-11,13-15H,9,12H2,1H3,(H,24,26). The van der Waals surface area contributed by atoms with Gasteiger partial charge < -0.3 is 10.2 Å². The van der Waals surface area contributed by atoms with Crippen LogP contribution in [0.3, 0.4) is 0 Å². The summed E-state index contributed by atoms with van der Waals surface area (Å²) in [4.78, 5) is 23.1. The number of nitrogens with zero attached hydrogens (tertiary/aromatic N) is 3. The summed E-state index contributed by atoms with van der Waals surface area (Å²) in [6.07, 6.45) is 7.88. The largest absolute Gasteiger partial charge is 0.348 e. The van der Waals surface area contributed by atoms with Crippen LogP contribution in [-0.2, 0) is 13.0 Å². The summed E-state index contributed by atoms with van der Waals surface area (Å²) in [5.41, 5.74) is 4.98. The molecule has 1 unspecified atom stereocenters. The number of pyridine rings is 2. The third-order valence-electron chi connectivity index (χ3n) is 4.65. The van der Waals surface area contributed by atoms with Gasteiger partial charge in [0.05, 0.1) is 17.4 Å². The zero-order chi connectivity index (χ0) is 17.9. The fourth-order valence-electron chi connectivity index (χ4n) is 3.43. The van der Waals surface area contributed by atoms with Crippen LogP contribution in [0.1, 0.15) is 28.4 Å². The number of nitrogens with one attached hydrogen (secondary N) is 1. The monoisotopic (exact) mass is 344 g/mol. The number of benzene rings is 1. The molecule has 130 valence electrons. The number of fused-ring (bicyclic) bond motifs is 1. The van der Waals surface area contributed by atoms with Gasteiger partial charge in [-0.3, -0.25) is 14.8 Å². The zero-order valence-electron chi connectivity index (χ0n) is 14.6. The van der Waals surface area contributed by atoms with Crippen molar-refractivity contribution in [3.05, 3.63) is 83.9 Å². The molecule has 1 aliphatic rings. The molecule has 3 heterocycles. The van der Waals surface area contributed by atoms with E-state index in [4.69, 9.17) is 0 Å². The van der Waals surface area contributed by atoms with Crippen LogP contribution in [0.2, 0.25) is 0 Å². The van der Waals surface area contributed by atoms with E-state index in [-0.39, 0.29) is 5.91 Å². The van der Waals surface area contributed by atoms with E-state index in [1.165, 1.54) is 11.3 Å². The predicted molar refractivity (Wildman–Crippen MR) is 101 cm³/mol. The molecule has 2 aromatic heterocycles. The Bertz CT molecular complexity index is 926. The van der Waals surface area contributed by atoms with E-state index in [1.807, 2.05) is 30.5 Å². The van der Waals surface area contributed by atoms with Gasteiger partial charge in [-0.1, -0.05) is 24.3 Å². The van der Waals surface area contributed by atoms with Crippen LogP contribution in [0.25, 0.3) is 0 Å². The maximum Gasteiger partial charge on any atom is 0.253 e. The first-order valence-electron chi connectivity index (χ1n) is 8.71. The average Bonchev–Trinajstić information content (AvgIpc) is 3.02. The van der Waals surface area contributed by atoms with Crippen LogP contribution in [0, 0.1) is 0 Å². The number of hydrogen-bond donors (Lipinski definition) is 1. The summed E-state index contributed by atoms with van der Waals surface area (Å²) in [5.74, 6) is -0.136. The third-order valence-corrected chi connectivity index (χ3v) is 4.65. The van der Waals surface area contributed by atoms with Crippen molar-refractivity contribution in [1.29, 1.82) is 0 Å². The molecule has 1 aromatic carbocycles. The Kier molecular flexibility index (Phi) is 4.35. The first kappa shape index (κ1) is 16.3. The number of rotatable bonds is 4. The lowest BCUT2D eigenvalue weighted by Gasteiger charge is -2.25. The Morgan fingerprint density at radius 2 is 2.04 bits per heavy atom. The lowest BCUT2D eigenvalue weighted by atomic mass is 10.1. The Morgan fingerprint density at radius 3 is 2.88 bits per heavy atom. The smallest absolute Gasteiger partial charge is 0.253 e. The predicted octanol–water partition coefficient (Wildman–Crippen LogP) is 3.49. The van der Waals surface area contributed by atoms with Crippen LogP contribution in [0.4, 0.5) is 11.4 Å². The number of hydrogen-bond acceptors (Lipinski definition) is 4. The molecular weight excluding hydrogens is 324 g/mol. The maximum absolute atomic E-state index is 12.5. The number of carbonyl (C=O) groups excluding carboxylic acids is 1. The fourth-order valence-corrected chi connectivity index (χ4v) is 3.43. The van der Waals surface area contributed by atoms with Crippen molar-refractivity contribution >= 4 is 17.3 Å². The number of para-hydroxylation sites is 1. The molecular formula is C21H20N4O. The van der Waals surface area contributed by atoms with E-state index < -0.39 is 0 Å². The van der Waals surface area contributed by atoms with Crippen molar-refractivity contribution in [2.75, 3.05) is 4.90 Å². The Labute approximate surface area is 152 Å². The highest BCUT2D eigenvalue weighted by Crippen LogP contribution is 2.37. The third kappa shape index (κ3) is 3.16. The van der Waals surface area contributed by atoms with Gasteiger partial charge in [-0.2, -0.15) is 0 Å². The molecule has 0 fully saturated rings. The van der Waals surface area contributed by atoms with E-state index in [0.717, 1.165) is 17.7 Å². The van der Waals surface area contributed by atoms with Gasteiger partial charge in [-0.25, -0.2) is 0 Å². The van der Waals surface area contributed by atoms with E-state index in [1.54, 1.807) is 18.6 Å². The molecule has 1 aliphatic heterocycles. The quantitative estimate of drug-likeness (QED) is 0.787. The summed E-state index contributed by atoms with van der Waals surface area (Å²) >= 11 is 0. The van der Waals surface area contributed by atoms with E-state index >= 15 is 0 Å².